The summed E-state index contributed by atoms with van der Waals surface area (Å²) in [4.78, 5) is 20.2. The molecule has 2 aromatic carbocycles. The molecule has 0 amide bonds. The number of nitrogens with zero attached hydrogens (tertiary/aromatic N) is 1. The first-order valence-corrected chi connectivity index (χ1v) is 9.51. The monoisotopic (exact) mass is 345 g/mol. The second kappa shape index (κ2) is 7.76. The van der Waals surface area contributed by atoms with Crippen LogP contribution in [0.3, 0.4) is 0 Å². The highest BCUT2D eigenvalue weighted by Crippen LogP contribution is 2.44. The van der Waals surface area contributed by atoms with Gasteiger partial charge < -0.3 is 9.79 Å². The molecule has 0 saturated heterocycles. The van der Waals surface area contributed by atoms with E-state index in [9.17, 15) is 9.79 Å². The Labute approximate surface area is 146 Å². The second-order valence-electron chi connectivity index (χ2n) is 6.99. The van der Waals surface area contributed by atoms with Crippen LogP contribution in [0.2, 0.25) is 0 Å². The molecule has 4 heteroatoms. The van der Waals surface area contributed by atoms with Gasteiger partial charge in [-0.3, -0.25) is 0 Å². The Morgan fingerprint density at radius 2 is 1.04 bits per heavy atom. The fourth-order valence-electron chi connectivity index (χ4n) is 3.44. The van der Waals surface area contributed by atoms with Crippen molar-refractivity contribution in [3.05, 3.63) is 69.8 Å². The molecule has 0 fully saturated rings. The molecule has 0 bridgehead atoms. The first kappa shape index (κ1) is 19.1. The smallest absolute Gasteiger partial charge is 0.254 e. The Morgan fingerprint density at radius 3 is 1.29 bits per heavy atom. The summed E-state index contributed by atoms with van der Waals surface area (Å²) in [5, 5.41) is 0. The number of hydrogen-bond acceptors (Lipinski definition) is 3. The quantitative estimate of drug-likeness (QED) is 0.755. The Kier molecular flexibility index (Phi) is 6.17. The maximum Gasteiger partial charge on any atom is 0.254 e. The lowest BCUT2D eigenvalue weighted by atomic mass is 9.93. The molecule has 3 nitrogen and oxygen atoms in total. The summed E-state index contributed by atoms with van der Waals surface area (Å²) in [6.45, 7) is 12.3. The van der Waals surface area contributed by atoms with Crippen molar-refractivity contribution in [2.24, 2.45) is 0 Å². The van der Waals surface area contributed by atoms with E-state index in [1.807, 2.05) is 13.8 Å². The van der Waals surface area contributed by atoms with Crippen LogP contribution in [-0.4, -0.2) is 20.5 Å². The molecule has 0 saturated carbocycles. The summed E-state index contributed by atoms with van der Waals surface area (Å²) in [6, 6.07) is 12.7. The van der Waals surface area contributed by atoms with Crippen molar-refractivity contribution in [2.45, 2.75) is 53.6 Å². The second-order valence-corrected chi connectivity index (χ2v) is 7.99. The summed E-state index contributed by atoms with van der Waals surface area (Å²) >= 11 is 0. The zero-order chi connectivity index (χ0) is 18.0. The minimum Gasteiger partial charge on any atom is -0.338 e. The molecule has 0 spiro atoms. The standard InChI is InChI=1S/C20H28NO2P/c1-13(2)21(24(22)23)20(18-9-14(3)7-15(4)10-18)19-11-16(5)8-17(6)12-19/h7-13,20,22-23H,1-6H3. The summed E-state index contributed by atoms with van der Waals surface area (Å²) in [5.74, 6) is 0. The van der Waals surface area contributed by atoms with Crippen LogP contribution in [-0.2, 0) is 0 Å². The number of aryl methyl sites for hydroxylation is 4. The average Bonchev–Trinajstić information content (AvgIpc) is 2.41. The molecule has 2 N–H and O–H groups in total. The zero-order valence-electron chi connectivity index (χ0n) is 15.4. The zero-order valence-corrected chi connectivity index (χ0v) is 16.3. The predicted octanol–water partition coefficient (Wildman–Crippen LogP) is 4.93. The number of hydrogen-bond donors (Lipinski definition) is 2. The van der Waals surface area contributed by atoms with E-state index in [2.05, 4.69) is 64.1 Å². The third kappa shape index (κ3) is 4.43. The molecule has 0 aliphatic rings. The lowest BCUT2D eigenvalue weighted by Gasteiger charge is -2.36. The van der Waals surface area contributed by atoms with E-state index in [1.54, 1.807) is 4.67 Å². The van der Waals surface area contributed by atoms with E-state index in [4.69, 9.17) is 0 Å². The highest BCUT2D eigenvalue weighted by molar-refractivity contribution is 7.42. The van der Waals surface area contributed by atoms with Crippen LogP contribution in [0.25, 0.3) is 0 Å². The van der Waals surface area contributed by atoms with Gasteiger partial charge in [0.15, 0.2) is 0 Å². The van der Waals surface area contributed by atoms with Crippen molar-refractivity contribution >= 4 is 8.53 Å². The summed E-state index contributed by atoms with van der Waals surface area (Å²) < 4.78 is 1.80. The van der Waals surface area contributed by atoms with Crippen LogP contribution >= 0.6 is 8.53 Å². The Hall–Kier alpha value is -1.25. The molecule has 0 aliphatic carbocycles. The van der Waals surface area contributed by atoms with Gasteiger partial charge in [0.2, 0.25) is 0 Å². The van der Waals surface area contributed by atoms with Gasteiger partial charge in [0.25, 0.3) is 8.53 Å². The third-order valence-corrected chi connectivity index (χ3v) is 5.23. The van der Waals surface area contributed by atoms with E-state index >= 15 is 0 Å². The molecule has 2 rings (SSSR count). The van der Waals surface area contributed by atoms with Gasteiger partial charge in [-0.25, -0.2) is 4.67 Å². The van der Waals surface area contributed by atoms with E-state index in [0.29, 0.717) is 0 Å². The van der Waals surface area contributed by atoms with Gasteiger partial charge in [-0.2, -0.15) is 0 Å². The summed E-state index contributed by atoms with van der Waals surface area (Å²) in [5.41, 5.74) is 6.93. The highest BCUT2D eigenvalue weighted by Gasteiger charge is 2.30. The van der Waals surface area contributed by atoms with E-state index < -0.39 is 8.53 Å². The molecule has 0 aliphatic heterocycles. The molecule has 130 valence electrons. The van der Waals surface area contributed by atoms with Gasteiger partial charge >= 0.3 is 0 Å². The van der Waals surface area contributed by atoms with Crippen molar-refractivity contribution in [1.29, 1.82) is 0 Å². The summed E-state index contributed by atoms with van der Waals surface area (Å²) in [6.07, 6.45) is 0. The minimum atomic E-state index is -2.20. The van der Waals surface area contributed by atoms with Crippen molar-refractivity contribution in [3.8, 4) is 0 Å². The molecule has 2 aromatic rings. The predicted molar refractivity (Wildman–Crippen MR) is 102 cm³/mol. The van der Waals surface area contributed by atoms with Crippen molar-refractivity contribution in [1.82, 2.24) is 4.67 Å². The fourth-order valence-corrected chi connectivity index (χ4v) is 4.33. The Bertz CT molecular complexity index is 613. The first-order valence-electron chi connectivity index (χ1n) is 8.31. The first-order chi connectivity index (χ1) is 11.2. The van der Waals surface area contributed by atoms with Crippen LogP contribution in [0.15, 0.2) is 36.4 Å². The number of rotatable bonds is 5. The molecular formula is C20H28NO2P. The molecule has 0 aromatic heterocycles. The van der Waals surface area contributed by atoms with Crippen LogP contribution in [0, 0.1) is 27.7 Å². The van der Waals surface area contributed by atoms with Crippen molar-refractivity contribution in [2.75, 3.05) is 0 Å². The largest absolute Gasteiger partial charge is 0.338 e. The normalized spacial score (nSPS) is 12.0. The van der Waals surface area contributed by atoms with E-state index in [1.165, 1.54) is 22.3 Å². The molecule has 0 radical (unpaired) electrons. The lowest BCUT2D eigenvalue weighted by molar-refractivity contribution is 0.261. The molecular weight excluding hydrogens is 317 g/mol. The van der Waals surface area contributed by atoms with Gasteiger partial charge in [0, 0.05) is 6.04 Å². The molecule has 0 heterocycles. The van der Waals surface area contributed by atoms with Crippen LogP contribution in [0.4, 0.5) is 0 Å². The number of benzene rings is 2. The SMILES string of the molecule is Cc1cc(C)cc(C(c2cc(C)cc(C)c2)N(C(C)C)P(O)O)c1. The average molecular weight is 345 g/mol. The van der Waals surface area contributed by atoms with E-state index in [0.717, 1.165) is 11.1 Å². The van der Waals surface area contributed by atoms with Gasteiger partial charge in [0.1, 0.15) is 0 Å². The van der Waals surface area contributed by atoms with Gasteiger partial charge in [-0.05, 0) is 52.7 Å². The topological polar surface area (TPSA) is 43.7 Å². The maximum absolute atomic E-state index is 10.1. The Morgan fingerprint density at radius 1 is 0.708 bits per heavy atom. The maximum atomic E-state index is 10.1. The minimum absolute atomic E-state index is 0.0118. The summed E-state index contributed by atoms with van der Waals surface area (Å²) in [7, 11) is -2.20. The van der Waals surface area contributed by atoms with Crippen LogP contribution in [0.1, 0.15) is 53.3 Å². The molecule has 0 unspecified atom stereocenters. The highest BCUT2D eigenvalue weighted by atomic mass is 31.2. The van der Waals surface area contributed by atoms with Gasteiger partial charge in [-0.15, -0.1) is 0 Å². The Balaban J connectivity index is 2.68. The van der Waals surface area contributed by atoms with Gasteiger partial charge in [0.05, 0.1) is 6.04 Å². The van der Waals surface area contributed by atoms with E-state index in [-0.39, 0.29) is 12.1 Å². The van der Waals surface area contributed by atoms with Gasteiger partial charge in [-0.1, -0.05) is 58.7 Å². The van der Waals surface area contributed by atoms with Crippen LogP contribution < -0.4 is 0 Å². The van der Waals surface area contributed by atoms with Crippen molar-refractivity contribution < 1.29 is 9.79 Å². The van der Waals surface area contributed by atoms with Crippen molar-refractivity contribution in [3.63, 3.8) is 0 Å². The van der Waals surface area contributed by atoms with Crippen LogP contribution in [0.5, 0.6) is 0 Å². The third-order valence-electron chi connectivity index (χ3n) is 4.12. The molecule has 24 heavy (non-hydrogen) atoms. The fraction of sp³-hybridized carbons (Fsp3) is 0.400. The molecule has 0 atom stereocenters. The lowest BCUT2D eigenvalue weighted by Crippen LogP contribution is -2.31.